The third-order valence-electron chi connectivity index (χ3n) is 6.66. The van der Waals surface area contributed by atoms with Crippen molar-refractivity contribution in [3.05, 3.63) is 72.1 Å². The van der Waals surface area contributed by atoms with Gasteiger partial charge in [-0.05, 0) is 35.9 Å². The Kier molecular flexibility index (Phi) is 7.40. The normalized spacial score (nSPS) is 13.9. The lowest BCUT2D eigenvalue weighted by Gasteiger charge is -2.27. The van der Waals surface area contributed by atoms with E-state index >= 15 is 0 Å². The van der Waals surface area contributed by atoms with Crippen LogP contribution in [0.3, 0.4) is 0 Å². The molecule has 2 aromatic heterocycles. The fourth-order valence-corrected chi connectivity index (χ4v) is 5.00. The number of morpholine rings is 1. The molecule has 5 rings (SSSR count). The number of nitrogens with one attached hydrogen (secondary N) is 1. The van der Waals surface area contributed by atoms with Crippen LogP contribution in [0, 0.1) is 0 Å². The Morgan fingerprint density at radius 2 is 1.92 bits per heavy atom. The van der Waals surface area contributed by atoms with Gasteiger partial charge in [-0.3, -0.25) is 9.10 Å². The summed E-state index contributed by atoms with van der Waals surface area (Å²) in [5, 5.41) is 4.04. The van der Waals surface area contributed by atoms with Crippen molar-refractivity contribution in [1.29, 1.82) is 0 Å². The third kappa shape index (κ3) is 5.66. The highest BCUT2D eigenvalue weighted by Gasteiger charge is 2.20. The number of para-hydroxylation sites is 1. The van der Waals surface area contributed by atoms with Crippen molar-refractivity contribution >= 4 is 44.3 Å². The van der Waals surface area contributed by atoms with Crippen molar-refractivity contribution in [3.8, 4) is 5.75 Å². The maximum absolute atomic E-state index is 12.9. The van der Waals surface area contributed by atoms with Crippen molar-refractivity contribution in [2.75, 3.05) is 56.3 Å². The number of fused-ring (bicyclic) bond motifs is 1. The molecule has 1 amide bonds. The van der Waals surface area contributed by atoms with Gasteiger partial charge in [0.1, 0.15) is 11.4 Å². The van der Waals surface area contributed by atoms with Crippen LogP contribution >= 0.6 is 0 Å². The van der Waals surface area contributed by atoms with Gasteiger partial charge in [-0.25, -0.2) is 13.4 Å². The minimum atomic E-state index is -3.42. The summed E-state index contributed by atoms with van der Waals surface area (Å²) < 4.78 is 38.4. The molecule has 1 aliphatic heterocycles. The lowest BCUT2D eigenvalue weighted by molar-refractivity contribution is 0.0302. The molecule has 1 aliphatic rings. The molecule has 1 N–H and O–H groups in total. The minimum Gasteiger partial charge on any atom is -0.495 e. The molecule has 1 saturated heterocycles. The Morgan fingerprint density at radius 1 is 1.15 bits per heavy atom. The molecule has 0 atom stereocenters. The Bertz CT molecular complexity index is 1610. The zero-order valence-electron chi connectivity index (χ0n) is 22.0. The molecule has 0 radical (unpaired) electrons. The number of ether oxygens (including phenoxy) is 2. The second-order valence-corrected chi connectivity index (χ2v) is 11.2. The van der Waals surface area contributed by atoms with Gasteiger partial charge in [0.25, 0.3) is 5.91 Å². The van der Waals surface area contributed by atoms with Crippen molar-refractivity contribution < 1.29 is 22.7 Å². The molecule has 39 heavy (non-hydrogen) atoms. The smallest absolute Gasteiger partial charge is 0.254 e. The van der Waals surface area contributed by atoms with E-state index in [1.165, 1.54) is 10.6 Å². The second kappa shape index (κ2) is 10.9. The quantitative estimate of drug-likeness (QED) is 0.356. The number of carbonyl (C=O) groups is 1. The Labute approximate surface area is 227 Å². The van der Waals surface area contributed by atoms with E-state index in [4.69, 9.17) is 14.5 Å². The van der Waals surface area contributed by atoms with Crippen LogP contribution in [0.1, 0.15) is 15.9 Å². The Hall–Kier alpha value is -4.16. The fraction of sp³-hybridized carbons (Fsp3) is 0.296. The monoisotopic (exact) mass is 550 g/mol. The molecule has 0 bridgehead atoms. The molecule has 0 aliphatic carbocycles. The predicted octanol–water partition coefficient (Wildman–Crippen LogP) is 3.10. The average Bonchev–Trinajstić information content (AvgIpc) is 3.34. The van der Waals surface area contributed by atoms with Gasteiger partial charge in [0.05, 0.1) is 44.5 Å². The molecular formula is C27H30N6O5S. The predicted molar refractivity (Wildman–Crippen MR) is 149 cm³/mol. The van der Waals surface area contributed by atoms with E-state index < -0.39 is 10.0 Å². The lowest BCUT2D eigenvalue weighted by atomic mass is 10.1. The van der Waals surface area contributed by atoms with E-state index in [9.17, 15) is 13.2 Å². The number of sulfonamides is 1. The van der Waals surface area contributed by atoms with Crippen LogP contribution in [-0.2, 0) is 21.3 Å². The number of hydrogen-bond acceptors (Lipinski definition) is 8. The van der Waals surface area contributed by atoms with Gasteiger partial charge in [-0.15, -0.1) is 0 Å². The zero-order chi connectivity index (χ0) is 27.6. The molecule has 0 unspecified atom stereocenters. The number of hydrogen-bond donors (Lipinski definition) is 1. The molecule has 0 spiro atoms. The number of anilines is 3. The van der Waals surface area contributed by atoms with Crippen LogP contribution in [0.4, 0.5) is 17.3 Å². The summed E-state index contributed by atoms with van der Waals surface area (Å²) in [6.45, 7) is 2.60. The van der Waals surface area contributed by atoms with Crippen molar-refractivity contribution in [1.82, 2.24) is 19.4 Å². The highest BCUT2D eigenvalue weighted by molar-refractivity contribution is 7.92. The first-order valence-electron chi connectivity index (χ1n) is 12.4. The summed E-state index contributed by atoms with van der Waals surface area (Å²) in [6, 6.07) is 14.5. The molecule has 0 saturated carbocycles. The summed E-state index contributed by atoms with van der Waals surface area (Å²) >= 11 is 0. The Morgan fingerprint density at radius 3 is 2.67 bits per heavy atom. The SMILES string of the molecule is COc1cc(C(=O)N2CCOCC2)ccc1Nc1ncc2ccn(Cc3ccccc3N(C)S(C)(=O)=O)c2n1. The standard InChI is InChI=1S/C27H30N6O5S/c1-31(39(3,35)36)23-7-5-4-6-21(23)18-33-11-10-20-17-28-27(30-25(20)33)29-22-9-8-19(16-24(22)37-2)26(34)32-12-14-38-15-13-32/h4-11,16-17H,12-15,18H2,1-3H3,(H,28,29,30). The number of rotatable bonds is 8. The van der Waals surface area contributed by atoms with Crippen molar-refractivity contribution in [3.63, 3.8) is 0 Å². The van der Waals surface area contributed by atoms with E-state index in [1.807, 2.05) is 35.0 Å². The molecule has 204 valence electrons. The number of carbonyl (C=O) groups excluding carboxylic acids is 1. The van der Waals surface area contributed by atoms with Crippen LogP contribution in [-0.4, -0.2) is 80.5 Å². The van der Waals surface area contributed by atoms with Gasteiger partial charge in [0.15, 0.2) is 0 Å². The van der Waals surface area contributed by atoms with Gasteiger partial charge in [0, 0.05) is 43.5 Å². The zero-order valence-corrected chi connectivity index (χ0v) is 22.8. The first-order valence-corrected chi connectivity index (χ1v) is 14.2. The van der Waals surface area contributed by atoms with E-state index in [-0.39, 0.29) is 5.91 Å². The van der Waals surface area contributed by atoms with Crippen LogP contribution in [0.5, 0.6) is 5.75 Å². The Balaban J connectivity index is 1.40. The number of aromatic nitrogens is 3. The van der Waals surface area contributed by atoms with E-state index in [1.54, 1.807) is 49.5 Å². The number of methoxy groups -OCH3 is 1. The molecular weight excluding hydrogens is 520 g/mol. The maximum Gasteiger partial charge on any atom is 0.254 e. The number of benzene rings is 2. The topological polar surface area (TPSA) is 119 Å². The second-order valence-electron chi connectivity index (χ2n) is 9.22. The van der Waals surface area contributed by atoms with Crippen LogP contribution in [0.15, 0.2) is 60.9 Å². The summed E-state index contributed by atoms with van der Waals surface area (Å²) in [6.07, 6.45) is 4.80. The van der Waals surface area contributed by atoms with Gasteiger partial charge < -0.3 is 24.3 Å². The maximum atomic E-state index is 12.9. The summed E-state index contributed by atoms with van der Waals surface area (Å²) in [5.74, 6) is 0.779. The molecule has 4 aromatic rings. The number of amides is 1. The average molecular weight is 551 g/mol. The highest BCUT2D eigenvalue weighted by atomic mass is 32.2. The lowest BCUT2D eigenvalue weighted by Crippen LogP contribution is -2.40. The minimum absolute atomic E-state index is 0.0690. The van der Waals surface area contributed by atoms with Crippen molar-refractivity contribution in [2.24, 2.45) is 0 Å². The van der Waals surface area contributed by atoms with Gasteiger partial charge in [-0.2, -0.15) is 4.98 Å². The van der Waals surface area contributed by atoms with E-state index in [2.05, 4.69) is 10.3 Å². The first-order chi connectivity index (χ1) is 18.7. The van der Waals surface area contributed by atoms with Gasteiger partial charge in [-0.1, -0.05) is 18.2 Å². The third-order valence-corrected chi connectivity index (χ3v) is 7.86. The van der Waals surface area contributed by atoms with Gasteiger partial charge in [0.2, 0.25) is 16.0 Å². The largest absolute Gasteiger partial charge is 0.495 e. The number of nitrogens with zero attached hydrogens (tertiary/aromatic N) is 5. The fourth-order valence-electron chi connectivity index (χ4n) is 4.47. The van der Waals surface area contributed by atoms with E-state index in [0.29, 0.717) is 67.1 Å². The van der Waals surface area contributed by atoms with E-state index in [0.717, 1.165) is 10.9 Å². The van der Waals surface area contributed by atoms with Gasteiger partial charge >= 0.3 is 0 Å². The molecule has 11 nitrogen and oxygen atoms in total. The summed E-state index contributed by atoms with van der Waals surface area (Å²) in [4.78, 5) is 23.8. The molecule has 2 aromatic carbocycles. The molecule has 3 heterocycles. The van der Waals surface area contributed by atoms with Crippen LogP contribution < -0.4 is 14.4 Å². The molecule has 12 heteroatoms. The van der Waals surface area contributed by atoms with Crippen LogP contribution in [0.25, 0.3) is 11.0 Å². The summed E-state index contributed by atoms with van der Waals surface area (Å²) in [5.41, 5.74) is 3.27. The van der Waals surface area contributed by atoms with Crippen molar-refractivity contribution in [2.45, 2.75) is 6.54 Å². The highest BCUT2D eigenvalue weighted by Crippen LogP contribution is 2.29. The first kappa shape index (κ1) is 26.4. The van der Waals surface area contributed by atoms with Crippen LogP contribution in [0.2, 0.25) is 0 Å². The molecule has 1 fully saturated rings. The summed E-state index contributed by atoms with van der Waals surface area (Å²) in [7, 11) is -0.329.